The molecule has 4 saturated carbocycles. The first-order valence-corrected chi connectivity index (χ1v) is 8.62. The van der Waals surface area contributed by atoms with Crippen molar-refractivity contribution >= 4 is 6.03 Å². The molecule has 4 nitrogen and oxygen atoms in total. The molecule has 4 heteroatoms. The molecule has 0 saturated heterocycles. The molecule has 4 aliphatic rings. The van der Waals surface area contributed by atoms with E-state index in [1.807, 2.05) is 18.2 Å². The number of nitrogens with one attached hydrogen (secondary N) is 2. The van der Waals surface area contributed by atoms with Crippen LogP contribution in [0.2, 0.25) is 0 Å². The number of aromatic nitrogens is 1. The van der Waals surface area contributed by atoms with Crippen LogP contribution < -0.4 is 10.6 Å². The predicted octanol–water partition coefficient (Wildman–Crippen LogP) is 3.10. The summed E-state index contributed by atoms with van der Waals surface area (Å²) in [6.45, 7) is 1.35. The van der Waals surface area contributed by atoms with E-state index in [4.69, 9.17) is 0 Å². The zero-order valence-corrected chi connectivity index (χ0v) is 13.1. The Bertz CT molecular complexity index is 507. The molecular weight excluding hydrogens is 274 g/mol. The zero-order valence-electron chi connectivity index (χ0n) is 13.1. The first kappa shape index (κ1) is 14.0. The van der Waals surface area contributed by atoms with E-state index in [1.165, 1.54) is 38.5 Å². The Labute approximate surface area is 132 Å². The monoisotopic (exact) mass is 299 g/mol. The van der Waals surface area contributed by atoms with Crippen molar-refractivity contribution in [2.24, 2.45) is 23.2 Å². The minimum atomic E-state index is -0.0543. The van der Waals surface area contributed by atoms with Crippen LogP contribution in [0.25, 0.3) is 0 Å². The van der Waals surface area contributed by atoms with Crippen LogP contribution in [0.15, 0.2) is 24.4 Å². The van der Waals surface area contributed by atoms with Crippen LogP contribution in [0.1, 0.15) is 44.2 Å². The molecule has 0 spiro atoms. The van der Waals surface area contributed by atoms with Crippen LogP contribution >= 0.6 is 0 Å². The molecule has 2 N–H and O–H groups in total. The van der Waals surface area contributed by atoms with Crippen molar-refractivity contribution in [3.05, 3.63) is 30.1 Å². The van der Waals surface area contributed by atoms with E-state index >= 15 is 0 Å². The van der Waals surface area contributed by atoms with Gasteiger partial charge in [-0.05, 0) is 73.8 Å². The highest BCUT2D eigenvalue weighted by molar-refractivity contribution is 5.73. The number of hydrogen-bond donors (Lipinski definition) is 2. The SMILES string of the molecule is O=C(NCc1ccccn1)NCC12CC3CC(CC(C3)C1)C2. The number of nitrogens with zero attached hydrogens (tertiary/aromatic N) is 1. The highest BCUT2D eigenvalue weighted by atomic mass is 16.2. The molecule has 1 aromatic heterocycles. The van der Waals surface area contributed by atoms with E-state index in [9.17, 15) is 4.79 Å². The molecule has 118 valence electrons. The van der Waals surface area contributed by atoms with Crippen LogP contribution in [0.3, 0.4) is 0 Å². The summed E-state index contributed by atoms with van der Waals surface area (Å²) in [6, 6.07) is 5.70. The molecule has 5 rings (SSSR count). The third-order valence-corrected chi connectivity index (χ3v) is 5.95. The summed E-state index contributed by atoms with van der Waals surface area (Å²) < 4.78 is 0. The molecular formula is C18H25N3O. The molecule has 0 unspecified atom stereocenters. The van der Waals surface area contributed by atoms with Gasteiger partial charge in [-0.2, -0.15) is 0 Å². The molecule has 4 bridgehead atoms. The maximum Gasteiger partial charge on any atom is 0.315 e. The first-order chi connectivity index (χ1) is 10.7. The Balaban J connectivity index is 1.28. The smallest absolute Gasteiger partial charge is 0.315 e. The van der Waals surface area contributed by atoms with Gasteiger partial charge in [0.15, 0.2) is 0 Å². The van der Waals surface area contributed by atoms with Gasteiger partial charge in [0, 0.05) is 12.7 Å². The van der Waals surface area contributed by atoms with Crippen molar-refractivity contribution in [3.63, 3.8) is 0 Å². The normalized spacial score (nSPS) is 35.4. The Morgan fingerprint density at radius 3 is 2.36 bits per heavy atom. The molecule has 2 amide bonds. The van der Waals surface area contributed by atoms with Gasteiger partial charge in [-0.15, -0.1) is 0 Å². The van der Waals surface area contributed by atoms with Gasteiger partial charge in [0.2, 0.25) is 0 Å². The molecule has 0 aromatic carbocycles. The average molecular weight is 299 g/mol. The van der Waals surface area contributed by atoms with Crippen molar-refractivity contribution < 1.29 is 4.79 Å². The minimum Gasteiger partial charge on any atom is -0.338 e. The third-order valence-electron chi connectivity index (χ3n) is 5.95. The standard InChI is InChI=1S/C18H25N3O/c22-17(20-11-16-3-1-2-4-19-16)21-12-18-8-13-5-14(9-18)7-15(6-13)10-18/h1-4,13-15H,5-12H2,(H2,20,21,22). The van der Waals surface area contributed by atoms with E-state index in [-0.39, 0.29) is 6.03 Å². The number of hydrogen-bond acceptors (Lipinski definition) is 2. The number of carbonyl (C=O) groups is 1. The highest BCUT2D eigenvalue weighted by Gasteiger charge is 2.50. The van der Waals surface area contributed by atoms with Gasteiger partial charge in [-0.3, -0.25) is 4.98 Å². The molecule has 0 atom stereocenters. The third kappa shape index (κ3) is 2.83. The van der Waals surface area contributed by atoms with Gasteiger partial charge in [0.05, 0.1) is 12.2 Å². The van der Waals surface area contributed by atoms with Gasteiger partial charge >= 0.3 is 6.03 Å². The van der Waals surface area contributed by atoms with Gasteiger partial charge in [-0.1, -0.05) is 6.07 Å². The van der Waals surface area contributed by atoms with E-state index < -0.39 is 0 Å². The second kappa shape index (κ2) is 5.56. The molecule has 1 heterocycles. The summed E-state index contributed by atoms with van der Waals surface area (Å²) in [7, 11) is 0. The topological polar surface area (TPSA) is 54.0 Å². The molecule has 22 heavy (non-hydrogen) atoms. The largest absolute Gasteiger partial charge is 0.338 e. The van der Waals surface area contributed by atoms with E-state index in [1.54, 1.807) is 6.20 Å². The van der Waals surface area contributed by atoms with Crippen LogP contribution in [0, 0.1) is 23.2 Å². The Kier molecular flexibility index (Phi) is 3.55. The Morgan fingerprint density at radius 1 is 1.09 bits per heavy atom. The predicted molar refractivity (Wildman–Crippen MR) is 85.1 cm³/mol. The van der Waals surface area contributed by atoms with Gasteiger partial charge in [-0.25, -0.2) is 4.79 Å². The van der Waals surface area contributed by atoms with Crippen molar-refractivity contribution in [2.75, 3.05) is 6.54 Å². The van der Waals surface area contributed by atoms with Crippen LogP contribution in [-0.4, -0.2) is 17.6 Å². The van der Waals surface area contributed by atoms with E-state index in [0.717, 1.165) is 30.0 Å². The molecule has 1 aromatic rings. The fraction of sp³-hybridized carbons (Fsp3) is 0.667. The number of rotatable bonds is 4. The summed E-state index contributed by atoms with van der Waals surface area (Å²) in [6.07, 6.45) is 10.1. The fourth-order valence-corrected chi connectivity index (χ4v) is 5.51. The van der Waals surface area contributed by atoms with Gasteiger partial charge < -0.3 is 10.6 Å². The van der Waals surface area contributed by atoms with Crippen LogP contribution in [0.5, 0.6) is 0 Å². The Hall–Kier alpha value is -1.58. The van der Waals surface area contributed by atoms with Crippen LogP contribution in [-0.2, 0) is 6.54 Å². The lowest BCUT2D eigenvalue weighted by Gasteiger charge is -2.56. The summed E-state index contributed by atoms with van der Waals surface area (Å²) in [5.74, 6) is 2.80. The average Bonchev–Trinajstić information content (AvgIpc) is 2.51. The number of amides is 2. The second-order valence-electron chi connectivity index (χ2n) is 7.77. The maximum atomic E-state index is 12.1. The second-order valence-corrected chi connectivity index (χ2v) is 7.77. The summed E-state index contributed by atoms with van der Waals surface area (Å²) in [5, 5.41) is 6.05. The molecule has 4 aliphatic carbocycles. The fourth-order valence-electron chi connectivity index (χ4n) is 5.51. The quantitative estimate of drug-likeness (QED) is 0.897. The number of carbonyl (C=O) groups excluding carboxylic acids is 1. The number of pyridine rings is 1. The van der Waals surface area contributed by atoms with Crippen molar-refractivity contribution in [1.82, 2.24) is 15.6 Å². The molecule has 4 fully saturated rings. The zero-order chi connectivity index (χ0) is 15.0. The van der Waals surface area contributed by atoms with Crippen molar-refractivity contribution in [1.29, 1.82) is 0 Å². The lowest BCUT2D eigenvalue weighted by atomic mass is 9.49. The molecule has 0 radical (unpaired) electrons. The summed E-state index contributed by atoms with van der Waals surface area (Å²) in [5.41, 5.74) is 1.30. The van der Waals surface area contributed by atoms with E-state index in [0.29, 0.717) is 12.0 Å². The van der Waals surface area contributed by atoms with Crippen LogP contribution in [0.4, 0.5) is 4.79 Å². The summed E-state index contributed by atoms with van der Waals surface area (Å²) in [4.78, 5) is 16.3. The lowest BCUT2D eigenvalue weighted by Crippen LogP contribution is -2.52. The van der Waals surface area contributed by atoms with Crippen molar-refractivity contribution in [2.45, 2.75) is 45.1 Å². The molecule has 0 aliphatic heterocycles. The first-order valence-electron chi connectivity index (χ1n) is 8.62. The maximum absolute atomic E-state index is 12.1. The Morgan fingerprint density at radius 2 is 1.77 bits per heavy atom. The van der Waals surface area contributed by atoms with E-state index in [2.05, 4.69) is 15.6 Å². The number of urea groups is 1. The van der Waals surface area contributed by atoms with Crippen molar-refractivity contribution in [3.8, 4) is 0 Å². The highest BCUT2D eigenvalue weighted by Crippen LogP contribution is 2.59. The van der Waals surface area contributed by atoms with Gasteiger partial charge in [0.1, 0.15) is 0 Å². The lowest BCUT2D eigenvalue weighted by molar-refractivity contribution is -0.0498. The minimum absolute atomic E-state index is 0.0543. The van der Waals surface area contributed by atoms with Gasteiger partial charge in [0.25, 0.3) is 0 Å². The summed E-state index contributed by atoms with van der Waals surface area (Å²) >= 11 is 0.